The van der Waals surface area contributed by atoms with Gasteiger partial charge in [-0.15, -0.1) is 0 Å². The molecule has 0 aromatic carbocycles. The van der Waals surface area contributed by atoms with Crippen molar-refractivity contribution in [2.45, 2.75) is 70.9 Å². The lowest BCUT2D eigenvalue weighted by Gasteiger charge is -2.31. The summed E-state index contributed by atoms with van der Waals surface area (Å²) >= 11 is 1.57. The van der Waals surface area contributed by atoms with Gasteiger partial charge in [0.1, 0.15) is 11.4 Å². The Morgan fingerprint density at radius 2 is 2.03 bits per heavy atom. The number of carbonyl (C=O) groups excluding carboxylic acids is 2. The number of nitrogens with one attached hydrogen (secondary N) is 2. The van der Waals surface area contributed by atoms with Crippen molar-refractivity contribution in [2.24, 2.45) is 0 Å². The highest BCUT2D eigenvalue weighted by Crippen LogP contribution is 2.30. The number of thiophene rings is 1. The molecule has 2 amide bonds. The van der Waals surface area contributed by atoms with Gasteiger partial charge < -0.3 is 19.8 Å². The van der Waals surface area contributed by atoms with Crippen LogP contribution in [0.25, 0.3) is 11.5 Å². The Bertz CT molecular complexity index is 846. The SMILES string of the molecule is Cc1oc(-c2ccsc2)nc1CC(=O)NC1(CNC(=O)OC(C)(C)C)CCCC1. The standard InChI is InChI=1S/C21H29N3O4S/c1-14-16(23-18(27-14)15-7-10-29-12-15)11-17(25)24-21(8-5-6-9-21)13-22-19(26)28-20(2,3)4/h7,10,12H,5-6,8-9,11,13H2,1-4H3,(H,22,26)(H,24,25). The minimum Gasteiger partial charge on any atom is -0.444 e. The van der Waals surface area contributed by atoms with Gasteiger partial charge in [-0.2, -0.15) is 11.3 Å². The van der Waals surface area contributed by atoms with E-state index in [1.807, 2.05) is 44.5 Å². The third-order valence-electron chi connectivity index (χ3n) is 4.92. The first-order valence-corrected chi connectivity index (χ1v) is 10.9. The molecule has 158 valence electrons. The molecule has 3 rings (SSSR count). The monoisotopic (exact) mass is 419 g/mol. The van der Waals surface area contributed by atoms with Crippen LogP contribution >= 0.6 is 11.3 Å². The zero-order chi connectivity index (χ0) is 21.1. The molecule has 1 aliphatic carbocycles. The topological polar surface area (TPSA) is 93.5 Å². The Morgan fingerprint density at radius 3 is 2.66 bits per heavy atom. The fourth-order valence-corrected chi connectivity index (χ4v) is 4.18. The summed E-state index contributed by atoms with van der Waals surface area (Å²) in [5, 5.41) is 9.88. The molecule has 0 aliphatic heterocycles. The number of ether oxygens (including phenoxy) is 1. The maximum atomic E-state index is 12.8. The molecule has 1 saturated carbocycles. The van der Waals surface area contributed by atoms with Gasteiger partial charge in [0.2, 0.25) is 11.8 Å². The van der Waals surface area contributed by atoms with Crippen LogP contribution in [0.5, 0.6) is 0 Å². The van der Waals surface area contributed by atoms with Gasteiger partial charge in [0.25, 0.3) is 0 Å². The zero-order valence-corrected chi connectivity index (χ0v) is 18.3. The van der Waals surface area contributed by atoms with Gasteiger partial charge in [0, 0.05) is 17.5 Å². The summed E-state index contributed by atoms with van der Waals surface area (Å²) in [5.41, 5.74) is 0.554. The number of amides is 2. The molecule has 2 heterocycles. The molecule has 0 saturated heterocycles. The van der Waals surface area contributed by atoms with E-state index in [1.165, 1.54) is 0 Å². The van der Waals surface area contributed by atoms with Crippen LogP contribution in [0.3, 0.4) is 0 Å². The third-order valence-corrected chi connectivity index (χ3v) is 5.61. The molecule has 8 heteroatoms. The average Bonchev–Trinajstić information content (AvgIpc) is 3.34. The summed E-state index contributed by atoms with van der Waals surface area (Å²) < 4.78 is 11.0. The van der Waals surface area contributed by atoms with Crippen molar-refractivity contribution in [2.75, 3.05) is 6.54 Å². The fourth-order valence-electron chi connectivity index (χ4n) is 3.55. The summed E-state index contributed by atoms with van der Waals surface area (Å²) in [7, 11) is 0. The second-order valence-electron chi connectivity index (χ2n) is 8.60. The van der Waals surface area contributed by atoms with Crippen molar-refractivity contribution in [1.82, 2.24) is 15.6 Å². The Balaban J connectivity index is 1.61. The van der Waals surface area contributed by atoms with Crippen LogP contribution in [-0.4, -0.2) is 34.7 Å². The zero-order valence-electron chi connectivity index (χ0n) is 17.5. The number of rotatable bonds is 6. The first kappa shape index (κ1) is 21.4. The quantitative estimate of drug-likeness (QED) is 0.732. The minimum absolute atomic E-state index is 0.119. The number of alkyl carbamates (subject to hydrolysis) is 1. The van der Waals surface area contributed by atoms with Gasteiger partial charge in [0.05, 0.1) is 17.7 Å². The Kier molecular flexibility index (Phi) is 6.31. The van der Waals surface area contributed by atoms with E-state index in [0.29, 0.717) is 23.9 Å². The number of aryl methyl sites for hydroxylation is 1. The molecule has 0 bridgehead atoms. The summed E-state index contributed by atoms with van der Waals surface area (Å²) in [4.78, 5) is 29.3. The van der Waals surface area contributed by atoms with Crippen molar-refractivity contribution in [1.29, 1.82) is 0 Å². The van der Waals surface area contributed by atoms with Gasteiger partial charge in [-0.1, -0.05) is 12.8 Å². The second kappa shape index (κ2) is 8.57. The van der Waals surface area contributed by atoms with E-state index in [9.17, 15) is 9.59 Å². The normalized spacial score (nSPS) is 15.9. The molecule has 2 aromatic rings. The molecule has 2 aromatic heterocycles. The lowest BCUT2D eigenvalue weighted by molar-refractivity contribution is -0.122. The van der Waals surface area contributed by atoms with E-state index < -0.39 is 17.2 Å². The Morgan fingerprint density at radius 1 is 1.31 bits per heavy atom. The smallest absolute Gasteiger partial charge is 0.407 e. The van der Waals surface area contributed by atoms with Crippen LogP contribution in [0.2, 0.25) is 0 Å². The summed E-state index contributed by atoms with van der Waals surface area (Å²) in [6.07, 6.45) is 3.36. The maximum Gasteiger partial charge on any atom is 0.407 e. The van der Waals surface area contributed by atoms with Crippen molar-refractivity contribution >= 4 is 23.3 Å². The lowest BCUT2D eigenvalue weighted by Crippen LogP contribution is -2.54. The van der Waals surface area contributed by atoms with Crippen LogP contribution in [0.1, 0.15) is 57.9 Å². The number of aromatic nitrogens is 1. The molecule has 7 nitrogen and oxygen atoms in total. The molecule has 29 heavy (non-hydrogen) atoms. The molecular weight excluding hydrogens is 390 g/mol. The third kappa shape index (κ3) is 5.82. The molecule has 1 aliphatic rings. The number of carbonyl (C=O) groups is 2. The highest BCUT2D eigenvalue weighted by atomic mass is 32.1. The maximum absolute atomic E-state index is 12.8. The number of hydrogen-bond acceptors (Lipinski definition) is 6. The van der Waals surface area contributed by atoms with Gasteiger partial charge in [-0.05, 0) is 52.0 Å². The molecule has 1 fully saturated rings. The van der Waals surface area contributed by atoms with E-state index in [0.717, 1.165) is 31.2 Å². The highest BCUT2D eigenvalue weighted by Gasteiger charge is 2.36. The molecule has 0 radical (unpaired) electrons. The second-order valence-corrected chi connectivity index (χ2v) is 9.38. The van der Waals surface area contributed by atoms with Crippen LogP contribution in [0, 0.1) is 6.92 Å². The van der Waals surface area contributed by atoms with Gasteiger partial charge in [0.15, 0.2) is 0 Å². The summed E-state index contributed by atoms with van der Waals surface area (Å²) in [6.45, 7) is 7.64. The fraction of sp³-hybridized carbons (Fsp3) is 0.571. The molecular formula is C21H29N3O4S. The Labute approximate surface area is 175 Å². The van der Waals surface area contributed by atoms with Crippen LogP contribution < -0.4 is 10.6 Å². The first-order valence-electron chi connectivity index (χ1n) is 9.93. The number of oxazole rings is 1. The number of nitrogens with zero attached hydrogens (tertiary/aromatic N) is 1. The van der Waals surface area contributed by atoms with Gasteiger partial charge in [-0.25, -0.2) is 9.78 Å². The largest absolute Gasteiger partial charge is 0.444 e. The first-order chi connectivity index (χ1) is 13.7. The van der Waals surface area contributed by atoms with E-state index >= 15 is 0 Å². The Hall–Kier alpha value is -2.35. The predicted octanol–water partition coefficient (Wildman–Crippen LogP) is 4.21. The predicted molar refractivity (Wildman–Crippen MR) is 112 cm³/mol. The minimum atomic E-state index is -0.555. The lowest BCUT2D eigenvalue weighted by atomic mass is 9.97. The van der Waals surface area contributed by atoms with Crippen molar-refractivity contribution in [3.05, 3.63) is 28.3 Å². The highest BCUT2D eigenvalue weighted by molar-refractivity contribution is 7.08. The summed E-state index contributed by atoms with van der Waals surface area (Å²) in [6, 6.07) is 1.94. The molecule has 2 N–H and O–H groups in total. The van der Waals surface area contributed by atoms with Gasteiger partial charge in [-0.3, -0.25) is 4.79 Å². The van der Waals surface area contributed by atoms with E-state index in [-0.39, 0.29) is 12.3 Å². The van der Waals surface area contributed by atoms with Crippen LogP contribution in [0.4, 0.5) is 4.79 Å². The van der Waals surface area contributed by atoms with E-state index in [1.54, 1.807) is 11.3 Å². The van der Waals surface area contributed by atoms with Crippen LogP contribution in [0.15, 0.2) is 21.2 Å². The molecule has 0 spiro atoms. The van der Waals surface area contributed by atoms with Crippen LogP contribution in [-0.2, 0) is 16.0 Å². The molecule has 0 atom stereocenters. The van der Waals surface area contributed by atoms with Crippen molar-refractivity contribution in [3.8, 4) is 11.5 Å². The van der Waals surface area contributed by atoms with E-state index in [2.05, 4.69) is 15.6 Å². The molecule has 0 unspecified atom stereocenters. The van der Waals surface area contributed by atoms with E-state index in [4.69, 9.17) is 9.15 Å². The van der Waals surface area contributed by atoms with Gasteiger partial charge >= 0.3 is 6.09 Å². The number of hydrogen-bond donors (Lipinski definition) is 2. The van der Waals surface area contributed by atoms with Crippen molar-refractivity contribution in [3.63, 3.8) is 0 Å². The van der Waals surface area contributed by atoms with Crippen molar-refractivity contribution < 1.29 is 18.7 Å². The summed E-state index contributed by atoms with van der Waals surface area (Å²) in [5.74, 6) is 1.06. The average molecular weight is 420 g/mol.